The number of nitrogens with one attached hydrogen (secondary N) is 1. The zero-order valence-electron chi connectivity index (χ0n) is 43.5. The van der Waals surface area contributed by atoms with E-state index in [1.165, 1.54) is 50.1 Å². The molecule has 412 valence electrons. The molecule has 0 spiro atoms. The van der Waals surface area contributed by atoms with Gasteiger partial charge in [0.1, 0.15) is 40.7 Å². The lowest BCUT2D eigenvalue weighted by Gasteiger charge is -2.42. The van der Waals surface area contributed by atoms with E-state index < -0.39 is 83.2 Å². The Labute approximate surface area is 445 Å². The van der Waals surface area contributed by atoms with Gasteiger partial charge in [0, 0.05) is 64.3 Å². The Morgan fingerprint density at radius 2 is 1.60 bits per heavy atom. The van der Waals surface area contributed by atoms with Crippen molar-refractivity contribution in [3.63, 3.8) is 0 Å². The number of fused-ring (bicyclic) bond motifs is 5. The van der Waals surface area contributed by atoms with E-state index in [1.54, 1.807) is 45.2 Å². The number of likely N-dealkylation sites (tertiary alicyclic amines) is 1. The first kappa shape index (κ1) is 58.9. The van der Waals surface area contributed by atoms with Crippen LogP contribution in [-0.4, -0.2) is 201 Å². The van der Waals surface area contributed by atoms with Gasteiger partial charge in [-0.1, -0.05) is 42.3 Å². The number of aliphatic hydroxyl groups is 1. The number of nitrogens with zero attached hydrogens (tertiary/aromatic N) is 4. The Kier molecular flexibility index (Phi) is 20.5. The minimum atomic E-state index is -1.89. The van der Waals surface area contributed by atoms with E-state index in [-0.39, 0.29) is 106 Å². The highest BCUT2D eigenvalue weighted by Crippen LogP contribution is 2.49. The highest BCUT2D eigenvalue weighted by molar-refractivity contribution is 8.00. The largest absolute Gasteiger partial charge is 0.495 e. The maximum atomic E-state index is 14.3. The minimum absolute atomic E-state index is 0.0418. The van der Waals surface area contributed by atoms with Crippen molar-refractivity contribution in [2.24, 2.45) is 5.92 Å². The fraction of sp³-hybridized carbons (Fsp3) is 0.608. The summed E-state index contributed by atoms with van der Waals surface area (Å²) in [6, 6.07) is 2.38. The number of hydrogen-bond acceptors (Lipinski definition) is 18. The molecule has 75 heavy (non-hydrogen) atoms. The third kappa shape index (κ3) is 14.6. The molecule has 2 N–H and O–H groups in total. The Morgan fingerprint density at radius 3 is 2.24 bits per heavy atom. The number of likely N-dealkylation sites (N-methyl/N-ethyl adjacent to an activating group) is 1. The van der Waals surface area contributed by atoms with Crippen LogP contribution in [0.5, 0.6) is 5.75 Å². The summed E-state index contributed by atoms with van der Waals surface area (Å²) in [4.78, 5) is 109. The van der Waals surface area contributed by atoms with Crippen molar-refractivity contribution in [3.05, 3.63) is 58.7 Å². The number of hydrogen-bond donors (Lipinski definition) is 2. The van der Waals surface area contributed by atoms with Crippen molar-refractivity contribution in [1.82, 2.24) is 20.0 Å². The number of esters is 1. The van der Waals surface area contributed by atoms with Gasteiger partial charge in [0.05, 0.1) is 83.3 Å². The molecule has 22 nitrogen and oxygen atoms in total. The van der Waals surface area contributed by atoms with Gasteiger partial charge in [-0.05, 0) is 44.9 Å². The molecule has 3 fully saturated rings. The molecule has 0 aliphatic carbocycles. The van der Waals surface area contributed by atoms with Crippen LogP contribution in [0.1, 0.15) is 58.9 Å². The molecular formula is C51H68ClN5O17S. The van der Waals surface area contributed by atoms with Gasteiger partial charge < -0.3 is 52.8 Å². The fourth-order valence-corrected chi connectivity index (χ4v) is 10.6. The number of epoxide rings is 1. The van der Waals surface area contributed by atoms with Crippen LogP contribution in [0.4, 0.5) is 10.5 Å². The average Bonchev–Trinajstić information content (AvgIpc) is 3.87. The van der Waals surface area contributed by atoms with Crippen LogP contribution in [0.15, 0.2) is 48.1 Å². The summed E-state index contributed by atoms with van der Waals surface area (Å²) < 4.78 is 45.8. The molecule has 24 heteroatoms. The van der Waals surface area contributed by atoms with E-state index in [2.05, 4.69) is 5.32 Å². The van der Waals surface area contributed by atoms with E-state index in [1.807, 2.05) is 13.0 Å². The average molecular weight is 1090 g/mol. The number of rotatable bonds is 21. The third-order valence-electron chi connectivity index (χ3n) is 13.9. The first-order valence-electron chi connectivity index (χ1n) is 24.7. The van der Waals surface area contributed by atoms with Crippen LogP contribution in [0.2, 0.25) is 5.02 Å². The lowest BCUT2D eigenvalue weighted by molar-refractivity contribution is -0.162. The summed E-state index contributed by atoms with van der Waals surface area (Å²) in [7, 11) is 5.85. The van der Waals surface area contributed by atoms with Gasteiger partial charge >= 0.3 is 12.1 Å². The highest BCUT2D eigenvalue weighted by atomic mass is 35.5. The van der Waals surface area contributed by atoms with Crippen molar-refractivity contribution in [2.75, 3.05) is 91.7 Å². The molecular weight excluding hydrogens is 1020 g/mol. The van der Waals surface area contributed by atoms with Gasteiger partial charge in [-0.3, -0.25) is 43.9 Å². The van der Waals surface area contributed by atoms with Gasteiger partial charge in [0.25, 0.3) is 11.8 Å². The molecule has 4 bridgehead atoms. The van der Waals surface area contributed by atoms with Gasteiger partial charge in [0.2, 0.25) is 23.6 Å². The number of benzene rings is 1. The molecule has 5 aliphatic rings. The molecule has 3 saturated heterocycles. The molecule has 5 aliphatic heterocycles. The summed E-state index contributed by atoms with van der Waals surface area (Å²) in [6.45, 7) is 8.23. The zero-order valence-corrected chi connectivity index (χ0v) is 45.1. The smallest absolute Gasteiger partial charge is 0.409 e. The van der Waals surface area contributed by atoms with E-state index in [4.69, 9.17) is 49.5 Å². The van der Waals surface area contributed by atoms with Crippen molar-refractivity contribution in [3.8, 4) is 5.75 Å². The summed E-state index contributed by atoms with van der Waals surface area (Å²) in [5.41, 5.74) is -1.21. The Bertz CT molecular complexity index is 2400. The molecule has 9 atom stereocenters. The number of methoxy groups -OCH3 is 2. The number of thioether (sulfide) groups is 1. The zero-order chi connectivity index (χ0) is 54.8. The summed E-state index contributed by atoms with van der Waals surface area (Å²) in [5, 5.41) is 13.8. The molecule has 0 saturated carbocycles. The first-order chi connectivity index (χ1) is 35.6. The normalized spacial score (nSPS) is 28.6. The number of anilines is 1. The van der Waals surface area contributed by atoms with Crippen molar-refractivity contribution < 1.29 is 81.4 Å². The number of amides is 7. The predicted octanol–water partition coefficient (Wildman–Crippen LogP) is 2.74. The molecule has 0 aromatic heterocycles. The predicted molar refractivity (Wildman–Crippen MR) is 271 cm³/mol. The second kappa shape index (κ2) is 26.1. The van der Waals surface area contributed by atoms with Crippen LogP contribution in [0.3, 0.4) is 0 Å². The van der Waals surface area contributed by atoms with Gasteiger partial charge in [0.15, 0.2) is 5.72 Å². The lowest BCUT2D eigenvalue weighted by Crippen LogP contribution is -2.63. The number of carbonyl (C=O) groups is 8. The summed E-state index contributed by atoms with van der Waals surface area (Å²) >= 11 is 7.97. The number of allylic oxidation sites excluding steroid dienone is 3. The number of imide groups is 2. The van der Waals surface area contributed by atoms with E-state index >= 15 is 0 Å². The van der Waals surface area contributed by atoms with E-state index in [0.29, 0.717) is 17.9 Å². The Morgan fingerprint density at radius 1 is 0.960 bits per heavy atom. The number of ether oxygens (including phenoxy) is 8. The quantitative estimate of drug-likeness (QED) is 0.0776. The minimum Gasteiger partial charge on any atom is -0.495 e. The maximum absolute atomic E-state index is 14.3. The fourth-order valence-electron chi connectivity index (χ4n) is 9.21. The van der Waals surface area contributed by atoms with Crippen molar-refractivity contribution in [1.29, 1.82) is 0 Å². The van der Waals surface area contributed by atoms with Crippen LogP contribution in [-0.2, 0) is 73.1 Å². The number of halogens is 1. The summed E-state index contributed by atoms with van der Waals surface area (Å²) in [6.07, 6.45) is 2.63. The third-order valence-corrected chi connectivity index (χ3v) is 15.5. The van der Waals surface area contributed by atoms with Crippen LogP contribution >= 0.6 is 23.4 Å². The molecule has 5 heterocycles. The molecule has 9 unspecified atom stereocenters. The standard InChI is InChI=1S/C51H68ClN5O17S/c1-30-10-9-11-38(68-8)51(66)29-36(72-49(65)53-51)31(2)46-50(4,74-46)39(28-43(61)55(6)34-25-33(24-30)26-35(67-7)45(34)52)73-48(64)32(3)54(5)40(58)14-23-75-37-27-44(62)57(47(37)63)16-18-70-20-22-71-21-19-69-17-15-56-41(59)12-13-42(56)60/h9-13,25-26,31-32,36-39,46,66H,14-24,27-29H2,1-8H3,(H,53,65)/b11-9+,30-10+. The first-order valence-corrected chi connectivity index (χ1v) is 26.1. The molecule has 6 rings (SSSR count). The monoisotopic (exact) mass is 1090 g/mol. The highest BCUT2D eigenvalue weighted by Gasteiger charge is 2.64. The van der Waals surface area contributed by atoms with Gasteiger partial charge in [-0.2, -0.15) is 0 Å². The molecule has 1 aromatic rings. The second-order valence-electron chi connectivity index (χ2n) is 19.1. The van der Waals surface area contributed by atoms with Crippen LogP contribution < -0.4 is 15.0 Å². The number of carbonyl (C=O) groups excluding carboxylic acids is 8. The Balaban J connectivity index is 1.03. The van der Waals surface area contributed by atoms with E-state index in [0.717, 1.165) is 32.7 Å². The molecule has 7 amide bonds. The van der Waals surface area contributed by atoms with Gasteiger partial charge in [-0.15, -0.1) is 11.8 Å². The lowest BCUT2D eigenvalue weighted by atomic mass is 9.83. The summed E-state index contributed by atoms with van der Waals surface area (Å²) in [5.74, 6) is -3.37. The van der Waals surface area contributed by atoms with Crippen LogP contribution in [0, 0.1) is 5.92 Å². The van der Waals surface area contributed by atoms with Crippen molar-refractivity contribution >= 4 is 76.6 Å². The van der Waals surface area contributed by atoms with E-state index in [9.17, 15) is 43.5 Å². The SMILES string of the molecule is COc1cc2cc(c1Cl)N(C)C(=O)CC(OC(=O)C(C)N(C)C(=O)CCSC1CC(=O)N(CCOCCOCCOCCN3C(=O)C=CC3=O)C1=O)C1(C)OC1C(C)C1CC(O)(NC(=O)O1)C(OC)/C=C/C=C(\C)C2. The maximum Gasteiger partial charge on any atom is 0.409 e. The Hall–Kier alpha value is -5.40. The van der Waals surface area contributed by atoms with Crippen molar-refractivity contribution in [2.45, 2.75) is 107 Å². The topological polar surface area (TPSA) is 259 Å². The second-order valence-corrected chi connectivity index (χ2v) is 20.8. The van der Waals surface area contributed by atoms with Gasteiger partial charge in [-0.25, -0.2) is 9.59 Å². The number of alkyl carbamates (subject to hydrolysis) is 1. The van der Waals surface area contributed by atoms with Crippen LogP contribution in [0.25, 0.3) is 0 Å². The molecule has 1 aromatic carbocycles. The molecule has 0 radical (unpaired) electrons.